The van der Waals surface area contributed by atoms with Gasteiger partial charge in [-0.3, -0.25) is 9.59 Å². The van der Waals surface area contributed by atoms with Crippen molar-refractivity contribution in [2.75, 3.05) is 23.7 Å². The zero-order valence-corrected chi connectivity index (χ0v) is 14.8. The van der Waals surface area contributed by atoms with Crippen LogP contribution in [0.1, 0.15) is 18.4 Å². The minimum Gasteiger partial charge on any atom is -0.356 e. The van der Waals surface area contributed by atoms with Gasteiger partial charge in [0.25, 0.3) is 0 Å². The number of pyridine rings is 1. The van der Waals surface area contributed by atoms with Crippen molar-refractivity contribution in [1.29, 1.82) is 0 Å². The molecule has 2 amide bonds. The van der Waals surface area contributed by atoms with E-state index in [0.29, 0.717) is 31.7 Å². The number of amides is 2. The molecule has 0 unspecified atom stereocenters. The van der Waals surface area contributed by atoms with Crippen LogP contribution in [0.3, 0.4) is 0 Å². The molecular weight excluding hydrogens is 334 g/mol. The summed E-state index contributed by atoms with van der Waals surface area (Å²) in [5, 5.41) is 3.82. The van der Waals surface area contributed by atoms with Gasteiger partial charge in [-0.15, -0.1) is 0 Å². The number of thioether (sulfide) groups is 1. The Balaban J connectivity index is 1.42. The van der Waals surface area contributed by atoms with Gasteiger partial charge in [0.05, 0.1) is 11.4 Å². The largest absolute Gasteiger partial charge is 0.356 e. The lowest BCUT2D eigenvalue weighted by Crippen LogP contribution is -2.37. The van der Waals surface area contributed by atoms with Crippen LogP contribution >= 0.6 is 11.8 Å². The molecule has 1 aliphatic rings. The van der Waals surface area contributed by atoms with Gasteiger partial charge < -0.3 is 10.2 Å². The van der Waals surface area contributed by atoms with E-state index in [2.05, 4.69) is 22.4 Å². The molecule has 1 N–H and O–H groups in total. The van der Waals surface area contributed by atoms with E-state index in [9.17, 15) is 9.59 Å². The maximum absolute atomic E-state index is 12.1. The molecule has 0 saturated carbocycles. The Morgan fingerprint density at radius 2 is 2.04 bits per heavy atom. The molecule has 0 spiro atoms. The van der Waals surface area contributed by atoms with Crippen LogP contribution in [0, 0.1) is 0 Å². The second-order valence-corrected chi connectivity index (χ2v) is 6.81. The number of fused-ring (bicyclic) bond motifs is 1. The molecule has 5 nitrogen and oxygen atoms in total. The first-order valence-corrected chi connectivity index (χ1v) is 9.41. The number of nitrogens with one attached hydrogen (secondary N) is 1. The second-order valence-electron chi connectivity index (χ2n) is 5.85. The number of rotatable bonds is 7. The molecule has 130 valence electrons. The van der Waals surface area contributed by atoms with E-state index in [1.54, 1.807) is 11.1 Å². The molecule has 0 saturated heterocycles. The zero-order valence-electron chi connectivity index (χ0n) is 14.0. The Morgan fingerprint density at radius 1 is 1.20 bits per heavy atom. The van der Waals surface area contributed by atoms with Crippen LogP contribution in [0.25, 0.3) is 0 Å². The van der Waals surface area contributed by atoms with Gasteiger partial charge in [-0.2, -0.15) is 0 Å². The third-order valence-electron chi connectivity index (χ3n) is 4.04. The second kappa shape index (κ2) is 8.67. The minimum atomic E-state index is 0.0289. The van der Waals surface area contributed by atoms with Gasteiger partial charge in [0, 0.05) is 25.7 Å². The van der Waals surface area contributed by atoms with Gasteiger partial charge in [0.1, 0.15) is 5.03 Å². The lowest BCUT2D eigenvalue weighted by molar-refractivity contribution is -0.121. The molecule has 6 heteroatoms. The van der Waals surface area contributed by atoms with Crippen molar-refractivity contribution in [3.63, 3.8) is 0 Å². The van der Waals surface area contributed by atoms with Crippen molar-refractivity contribution in [3.8, 4) is 0 Å². The number of aromatic nitrogens is 1. The van der Waals surface area contributed by atoms with E-state index in [4.69, 9.17) is 0 Å². The molecule has 3 rings (SSSR count). The van der Waals surface area contributed by atoms with Crippen LogP contribution in [-0.4, -0.2) is 35.6 Å². The highest BCUT2D eigenvalue weighted by molar-refractivity contribution is 8.00. The molecule has 25 heavy (non-hydrogen) atoms. The summed E-state index contributed by atoms with van der Waals surface area (Å²) in [6, 6.07) is 13.8. The molecule has 1 aromatic heterocycles. The van der Waals surface area contributed by atoms with Gasteiger partial charge in [-0.05, 0) is 30.5 Å². The van der Waals surface area contributed by atoms with Crippen molar-refractivity contribution in [2.24, 2.45) is 0 Å². The lowest BCUT2D eigenvalue weighted by Gasteiger charge is -2.27. The maximum atomic E-state index is 12.1. The van der Waals surface area contributed by atoms with E-state index in [1.165, 1.54) is 17.3 Å². The molecule has 1 aliphatic heterocycles. The number of benzene rings is 1. The third kappa shape index (κ3) is 4.82. The van der Waals surface area contributed by atoms with E-state index in [0.717, 1.165) is 17.1 Å². The molecule has 2 aromatic rings. The molecule has 0 radical (unpaired) electrons. The normalized spacial score (nSPS) is 13.4. The average Bonchev–Trinajstić information content (AvgIpc) is 2.64. The zero-order chi connectivity index (χ0) is 17.5. The van der Waals surface area contributed by atoms with Gasteiger partial charge in [-0.1, -0.05) is 42.1 Å². The number of carbonyl (C=O) groups is 2. The monoisotopic (exact) mass is 355 g/mol. The molecular formula is C19H21N3O2S. The Hall–Kier alpha value is -2.34. The van der Waals surface area contributed by atoms with E-state index < -0.39 is 0 Å². The number of hydrogen-bond donors (Lipinski definition) is 1. The number of carbonyl (C=O) groups excluding carboxylic acids is 2. The smallest absolute Gasteiger partial charge is 0.237 e. The quantitative estimate of drug-likeness (QED) is 0.829. The fourth-order valence-corrected chi connectivity index (χ4v) is 3.64. The summed E-state index contributed by atoms with van der Waals surface area (Å²) in [5.74, 6) is 0.518. The standard InChI is InChI=1S/C19H21N3O2S/c23-17(20-12-10-15-6-2-1-3-7-15)9-5-13-22-16-8-4-11-21-19(16)25-14-18(22)24/h1-4,6-8,11H,5,9-10,12-14H2,(H,20,23). The minimum absolute atomic E-state index is 0.0289. The Bertz CT molecular complexity index is 736. The van der Waals surface area contributed by atoms with Crippen molar-refractivity contribution in [2.45, 2.75) is 24.3 Å². The molecule has 0 fully saturated rings. The highest BCUT2D eigenvalue weighted by Gasteiger charge is 2.24. The maximum Gasteiger partial charge on any atom is 0.237 e. The highest BCUT2D eigenvalue weighted by Crippen LogP contribution is 2.33. The fraction of sp³-hybridized carbons (Fsp3) is 0.316. The van der Waals surface area contributed by atoms with E-state index in [-0.39, 0.29) is 11.8 Å². The summed E-state index contributed by atoms with van der Waals surface area (Å²) < 4.78 is 0. The Labute approximate surface area is 151 Å². The van der Waals surface area contributed by atoms with Crippen LogP contribution in [0.15, 0.2) is 53.7 Å². The van der Waals surface area contributed by atoms with E-state index in [1.807, 2.05) is 30.3 Å². The topological polar surface area (TPSA) is 62.3 Å². The molecule has 0 aliphatic carbocycles. The highest BCUT2D eigenvalue weighted by atomic mass is 32.2. The molecule has 0 bridgehead atoms. The van der Waals surface area contributed by atoms with Crippen LogP contribution in [0.2, 0.25) is 0 Å². The summed E-state index contributed by atoms with van der Waals surface area (Å²) in [6.45, 7) is 1.18. The lowest BCUT2D eigenvalue weighted by atomic mass is 10.1. The fourth-order valence-electron chi connectivity index (χ4n) is 2.76. The number of anilines is 1. The first kappa shape index (κ1) is 17.5. The third-order valence-corrected chi connectivity index (χ3v) is 5.02. The van der Waals surface area contributed by atoms with E-state index >= 15 is 0 Å². The average molecular weight is 355 g/mol. The predicted molar refractivity (Wildman–Crippen MR) is 99.7 cm³/mol. The van der Waals surface area contributed by atoms with Crippen molar-refractivity contribution in [1.82, 2.24) is 10.3 Å². The van der Waals surface area contributed by atoms with Crippen molar-refractivity contribution >= 4 is 29.3 Å². The van der Waals surface area contributed by atoms with Gasteiger partial charge in [-0.25, -0.2) is 4.98 Å². The summed E-state index contributed by atoms with van der Waals surface area (Å²) in [4.78, 5) is 30.2. The molecule has 1 aromatic carbocycles. The summed E-state index contributed by atoms with van der Waals surface area (Å²) in [7, 11) is 0. The van der Waals surface area contributed by atoms with Crippen molar-refractivity contribution in [3.05, 3.63) is 54.2 Å². The molecule has 2 heterocycles. The number of nitrogens with zero attached hydrogens (tertiary/aromatic N) is 2. The van der Waals surface area contributed by atoms with Crippen molar-refractivity contribution < 1.29 is 9.59 Å². The van der Waals surface area contributed by atoms with Gasteiger partial charge >= 0.3 is 0 Å². The van der Waals surface area contributed by atoms with Crippen LogP contribution in [0.4, 0.5) is 5.69 Å². The summed E-state index contributed by atoms with van der Waals surface area (Å²) in [6.07, 6.45) is 3.62. The summed E-state index contributed by atoms with van der Waals surface area (Å²) >= 11 is 1.47. The Morgan fingerprint density at radius 3 is 2.88 bits per heavy atom. The summed E-state index contributed by atoms with van der Waals surface area (Å²) in [5.41, 5.74) is 2.07. The SMILES string of the molecule is O=C(CCCN1C(=O)CSc2ncccc21)NCCc1ccccc1. The number of hydrogen-bond acceptors (Lipinski definition) is 4. The Kier molecular flexibility index (Phi) is 6.06. The van der Waals surface area contributed by atoms with Gasteiger partial charge in [0.2, 0.25) is 11.8 Å². The first-order chi connectivity index (χ1) is 12.2. The van der Waals surface area contributed by atoms with Gasteiger partial charge in [0.15, 0.2) is 0 Å². The first-order valence-electron chi connectivity index (χ1n) is 8.43. The van der Waals surface area contributed by atoms with Crippen LogP contribution in [-0.2, 0) is 16.0 Å². The molecule has 0 atom stereocenters. The van der Waals surface area contributed by atoms with Crippen LogP contribution in [0.5, 0.6) is 0 Å². The van der Waals surface area contributed by atoms with Crippen LogP contribution < -0.4 is 10.2 Å². The predicted octanol–water partition coefficient (Wildman–Crippen LogP) is 2.66.